The Morgan fingerprint density at radius 2 is 1.81 bits per heavy atom. The molecule has 0 saturated carbocycles. The highest BCUT2D eigenvalue weighted by molar-refractivity contribution is 5.60. The Labute approximate surface area is 124 Å². The molecular formula is C17H18N2O2. The fourth-order valence-electron chi connectivity index (χ4n) is 2.09. The standard InChI is InChI=1S/C17H18N2O2/c1-14(15-8-3-2-4-9-15)18-13-7-11-16-10-5-6-12-17(16)19(20)21/h2-12,14,18H,13H2,1H3/b11-7-/t14-/m1/s1. The monoisotopic (exact) mass is 282 g/mol. The smallest absolute Gasteiger partial charge is 0.276 e. The number of nitro groups is 1. The molecule has 0 radical (unpaired) electrons. The van der Waals surface area contributed by atoms with E-state index < -0.39 is 0 Å². The summed E-state index contributed by atoms with van der Waals surface area (Å²) >= 11 is 0. The van der Waals surface area contributed by atoms with Crippen LogP contribution in [0.4, 0.5) is 5.69 Å². The first-order valence-corrected chi connectivity index (χ1v) is 6.87. The van der Waals surface area contributed by atoms with E-state index in [4.69, 9.17) is 0 Å². The van der Waals surface area contributed by atoms with Crippen molar-refractivity contribution < 1.29 is 4.92 Å². The van der Waals surface area contributed by atoms with Gasteiger partial charge >= 0.3 is 0 Å². The second-order valence-corrected chi connectivity index (χ2v) is 4.76. The molecule has 1 atom stereocenters. The van der Waals surface area contributed by atoms with Gasteiger partial charge in [-0.05, 0) is 18.6 Å². The lowest BCUT2D eigenvalue weighted by Crippen LogP contribution is -2.18. The number of nitro benzene ring substituents is 1. The van der Waals surface area contributed by atoms with E-state index in [1.54, 1.807) is 24.3 Å². The molecule has 0 aliphatic rings. The summed E-state index contributed by atoms with van der Waals surface area (Å²) in [4.78, 5) is 10.5. The molecule has 4 nitrogen and oxygen atoms in total. The molecule has 0 amide bonds. The Kier molecular flexibility index (Phi) is 5.23. The van der Waals surface area contributed by atoms with Crippen LogP contribution in [-0.4, -0.2) is 11.5 Å². The molecule has 0 saturated heterocycles. The van der Waals surface area contributed by atoms with Crippen LogP contribution in [0.5, 0.6) is 0 Å². The summed E-state index contributed by atoms with van der Waals surface area (Å²) in [5.74, 6) is 0. The second-order valence-electron chi connectivity index (χ2n) is 4.76. The van der Waals surface area contributed by atoms with E-state index >= 15 is 0 Å². The third-order valence-electron chi connectivity index (χ3n) is 3.27. The van der Waals surface area contributed by atoms with Crippen molar-refractivity contribution in [2.75, 3.05) is 6.54 Å². The molecule has 4 heteroatoms. The Bertz CT molecular complexity index is 624. The maximum Gasteiger partial charge on any atom is 0.276 e. The fraction of sp³-hybridized carbons (Fsp3) is 0.176. The topological polar surface area (TPSA) is 55.2 Å². The van der Waals surface area contributed by atoms with Gasteiger partial charge in [0.1, 0.15) is 0 Å². The first-order valence-electron chi connectivity index (χ1n) is 6.87. The van der Waals surface area contributed by atoms with E-state index in [2.05, 4.69) is 24.4 Å². The predicted octanol–water partition coefficient (Wildman–Crippen LogP) is 3.96. The zero-order chi connectivity index (χ0) is 15.1. The predicted molar refractivity (Wildman–Crippen MR) is 85.0 cm³/mol. The molecule has 21 heavy (non-hydrogen) atoms. The third-order valence-corrected chi connectivity index (χ3v) is 3.27. The largest absolute Gasteiger partial charge is 0.307 e. The highest BCUT2D eigenvalue weighted by atomic mass is 16.6. The van der Waals surface area contributed by atoms with Crippen LogP contribution in [0, 0.1) is 10.1 Å². The van der Waals surface area contributed by atoms with E-state index in [1.165, 1.54) is 11.6 Å². The summed E-state index contributed by atoms with van der Waals surface area (Å²) in [6.07, 6.45) is 3.69. The molecule has 0 aromatic heterocycles. The normalized spacial score (nSPS) is 12.4. The molecule has 0 heterocycles. The van der Waals surface area contributed by atoms with Gasteiger partial charge in [0.25, 0.3) is 5.69 Å². The molecule has 0 aliphatic carbocycles. The van der Waals surface area contributed by atoms with E-state index in [-0.39, 0.29) is 16.7 Å². The van der Waals surface area contributed by atoms with Gasteiger partial charge in [-0.1, -0.05) is 54.6 Å². The van der Waals surface area contributed by atoms with Gasteiger partial charge in [0, 0.05) is 18.7 Å². The lowest BCUT2D eigenvalue weighted by Gasteiger charge is -2.12. The van der Waals surface area contributed by atoms with Gasteiger partial charge in [-0.2, -0.15) is 0 Å². The molecule has 0 unspecified atom stereocenters. The summed E-state index contributed by atoms with van der Waals surface area (Å²) in [6.45, 7) is 2.75. The lowest BCUT2D eigenvalue weighted by atomic mass is 10.1. The van der Waals surface area contributed by atoms with Gasteiger partial charge in [0.2, 0.25) is 0 Å². The maximum absolute atomic E-state index is 10.9. The second kappa shape index (κ2) is 7.36. The van der Waals surface area contributed by atoms with Crippen LogP contribution in [0.15, 0.2) is 60.7 Å². The molecule has 0 bridgehead atoms. The van der Waals surface area contributed by atoms with E-state index in [0.29, 0.717) is 12.1 Å². The van der Waals surface area contributed by atoms with Crippen molar-refractivity contribution in [3.63, 3.8) is 0 Å². The first-order chi connectivity index (χ1) is 10.2. The van der Waals surface area contributed by atoms with Gasteiger partial charge in [-0.15, -0.1) is 0 Å². The van der Waals surface area contributed by atoms with Gasteiger partial charge in [-0.3, -0.25) is 10.1 Å². The van der Waals surface area contributed by atoms with E-state index in [9.17, 15) is 10.1 Å². The molecule has 0 aliphatic heterocycles. The number of nitrogens with zero attached hydrogens (tertiary/aromatic N) is 1. The quantitative estimate of drug-likeness (QED) is 0.644. The average molecular weight is 282 g/mol. The van der Waals surface area contributed by atoms with Crippen LogP contribution in [-0.2, 0) is 0 Å². The summed E-state index contributed by atoms with van der Waals surface area (Å²) in [6, 6.07) is 17.1. The van der Waals surface area contributed by atoms with E-state index in [0.717, 1.165) is 0 Å². The Balaban J connectivity index is 1.93. The minimum Gasteiger partial charge on any atom is -0.307 e. The Morgan fingerprint density at radius 3 is 2.52 bits per heavy atom. The Hall–Kier alpha value is -2.46. The number of hydrogen-bond donors (Lipinski definition) is 1. The van der Waals surface area contributed by atoms with Crippen LogP contribution in [0.1, 0.15) is 24.1 Å². The summed E-state index contributed by atoms with van der Waals surface area (Å²) < 4.78 is 0. The minimum atomic E-state index is -0.361. The highest BCUT2D eigenvalue weighted by Crippen LogP contribution is 2.18. The molecule has 108 valence electrons. The number of para-hydroxylation sites is 1. The molecule has 2 rings (SSSR count). The van der Waals surface area contributed by atoms with Gasteiger partial charge in [0.15, 0.2) is 0 Å². The van der Waals surface area contributed by atoms with Crippen molar-refractivity contribution in [1.82, 2.24) is 5.32 Å². The number of rotatable bonds is 6. The SMILES string of the molecule is C[C@@H](NC/C=C\c1ccccc1[N+](=O)[O-])c1ccccc1. The van der Waals surface area contributed by atoms with Crippen LogP contribution in [0.2, 0.25) is 0 Å². The number of hydrogen-bond acceptors (Lipinski definition) is 3. The summed E-state index contributed by atoms with van der Waals surface area (Å²) in [5, 5.41) is 14.3. The van der Waals surface area contributed by atoms with Crippen molar-refractivity contribution in [2.24, 2.45) is 0 Å². The van der Waals surface area contributed by atoms with Crippen molar-refractivity contribution in [3.05, 3.63) is 81.9 Å². The van der Waals surface area contributed by atoms with Crippen LogP contribution in [0.3, 0.4) is 0 Å². The Morgan fingerprint density at radius 1 is 1.14 bits per heavy atom. The first kappa shape index (κ1) is 14.9. The molecule has 1 N–H and O–H groups in total. The molecular weight excluding hydrogens is 264 g/mol. The van der Waals surface area contributed by atoms with Crippen molar-refractivity contribution in [3.8, 4) is 0 Å². The van der Waals surface area contributed by atoms with Gasteiger partial charge in [0.05, 0.1) is 10.5 Å². The van der Waals surface area contributed by atoms with Crippen molar-refractivity contribution in [1.29, 1.82) is 0 Å². The molecule has 2 aromatic rings. The van der Waals surface area contributed by atoms with Crippen molar-refractivity contribution in [2.45, 2.75) is 13.0 Å². The molecule has 0 fully saturated rings. The lowest BCUT2D eigenvalue weighted by molar-refractivity contribution is -0.385. The molecule has 2 aromatic carbocycles. The zero-order valence-corrected chi connectivity index (χ0v) is 11.9. The van der Waals surface area contributed by atoms with Crippen LogP contribution >= 0.6 is 0 Å². The van der Waals surface area contributed by atoms with Crippen molar-refractivity contribution >= 4 is 11.8 Å². The average Bonchev–Trinajstić information content (AvgIpc) is 2.52. The highest BCUT2D eigenvalue weighted by Gasteiger charge is 2.09. The number of benzene rings is 2. The minimum absolute atomic E-state index is 0.129. The zero-order valence-electron chi connectivity index (χ0n) is 11.9. The fourth-order valence-corrected chi connectivity index (χ4v) is 2.09. The number of nitrogens with one attached hydrogen (secondary N) is 1. The van der Waals surface area contributed by atoms with E-state index in [1.807, 2.05) is 24.3 Å². The van der Waals surface area contributed by atoms with Crippen LogP contribution < -0.4 is 5.32 Å². The molecule has 0 spiro atoms. The van der Waals surface area contributed by atoms with Gasteiger partial charge in [-0.25, -0.2) is 0 Å². The summed E-state index contributed by atoms with van der Waals surface area (Å²) in [7, 11) is 0. The third kappa shape index (κ3) is 4.26. The van der Waals surface area contributed by atoms with Gasteiger partial charge < -0.3 is 5.32 Å². The summed E-state index contributed by atoms with van der Waals surface area (Å²) in [5.41, 5.74) is 1.97. The van der Waals surface area contributed by atoms with Crippen LogP contribution in [0.25, 0.3) is 6.08 Å². The maximum atomic E-state index is 10.9.